The molecular formula is C24H29N7O. The Kier molecular flexibility index (Phi) is 4.40. The summed E-state index contributed by atoms with van der Waals surface area (Å²) in [4.78, 5) is 15.8. The van der Waals surface area contributed by atoms with E-state index in [4.69, 9.17) is 9.72 Å². The van der Waals surface area contributed by atoms with E-state index in [-0.39, 0.29) is 0 Å². The van der Waals surface area contributed by atoms with Gasteiger partial charge in [0.05, 0.1) is 23.3 Å². The molecule has 6 rings (SSSR count). The minimum atomic E-state index is 0.306. The van der Waals surface area contributed by atoms with Gasteiger partial charge in [0.2, 0.25) is 0 Å². The number of hydrogen-bond donors (Lipinski definition) is 2. The first-order chi connectivity index (χ1) is 15.5. The summed E-state index contributed by atoms with van der Waals surface area (Å²) in [7, 11) is 0. The van der Waals surface area contributed by atoms with Crippen LogP contribution in [0, 0.1) is 13.8 Å². The first kappa shape index (κ1) is 19.5. The van der Waals surface area contributed by atoms with Gasteiger partial charge in [-0.1, -0.05) is 13.8 Å². The van der Waals surface area contributed by atoms with Crippen molar-refractivity contribution in [3.05, 3.63) is 35.3 Å². The molecule has 0 amide bonds. The lowest BCUT2D eigenvalue weighted by Gasteiger charge is -2.35. The van der Waals surface area contributed by atoms with Crippen LogP contribution < -0.4 is 15.0 Å². The second-order valence-corrected chi connectivity index (χ2v) is 9.28. The topological polar surface area (TPSA) is 83.4 Å². The van der Waals surface area contributed by atoms with Gasteiger partial charge in [-0.3, -0.25) is 0 Å². The zero-order valence-electron chi connectivity index (χ0n) is 19.1. The SMILES string of the molecule is Cc1c(-c2[nH]c3cc4c(nc3c2C(C)C)N2CCNCC2CCO4)cn2ncnc2c1C. The molecule has 0 saturated carbocycles. The average molecular weight is 432 g/mol. The van der Waals surface area contributed by atoms with Gasteiger partial charge in [-0.2, -0.15) is 5.10 Å². The predicted molar refractivity (Wildman–Crippen MR) is 126 cm³/mol. The Hall–Kier alpha value is -3.13. The lowest BCUT2D eigenvalue weighted by Crippen LogP contribution is -2.51. The number of fused-ring (bicyclic) bond motifs is 5. The number of nitrogens with zero attached hydrogens (tertiary/aromatic N) is 5. The van der Waals surface area contributed by atoms with E-state index >= 15 is 0 Å². The van der Waals surface area contributed by atoms with Crippen LogP contribution in [0.15, 0.2) is 18.6 Å². The molecule has 0 aliphatic carbocycles. The first-order valence-electron chi connectivity index (χ1n) is 11.5. The van der Waals surface area contributed by atoms with Crippen LogP contribution in [-0.2, 0) is 0 Å². The fourth-order valence-corrected chi connectivity index (χ4v) is 5.25. The van der Waals surface area contributed by atoms with Crippen molar-refractivity contribution in [2.45, 2.75) is 46.1 Å². The molecule has 2 N–H and O–H groups in total. The number of piperazine rings is 1. The van der Waals surface area contributed by atoms with Gasteiger partial charge in [0.25, 0.3) is 0 Å². The minimum absolute atomic E-state index is 0.306. The van der Waals surface area contributed by atoms with Crippen LogP contribution in [0.5, 0.6) is 5.75 Å². The number of aryl methyl sites for hydroxylation is 1. The van der Waals surface area contributed by atoms with Crippen LogP contribution >= 0.6 is 0 Å². The van der Waals surface area contributed by atoms with Crippen molar-refractivity contribution in [1.29, 1.82) is 0 Å². The normalized spacial score (nSPS) is 18.7. The van der Waals surface area contributed by atoms with Gasteiger partial charge in [0, 0.05) is 55.5 Å². The number of ether oxygens (including phenoxy) is 1. The quantitative estimate of drug-likeness (QED) is 0.505. The van der Waals surface area contributed by atoms with Crippen LogP contribution in [-0.4, -0.2) is 56.8 Å². The maximum absolute atomic E-state index is 6.18. The number of rotatable bonds is 2. The number of hydrogen-bond acceptors (Lipinski definition) is 6. The fourth-order valence-electron chi connectivity index (χ4n) is 5.25. The van der Waals surface area contributed by atoms with Gasteiger partial charge < -0.3 is 19.9 Å². The molecule has 0 spiro atoms. The van der Waals surface area contributed by atoms with Gasteiger partial charge in [-0.05, 0) is 30.9 Å². The molecular weight excluding hydrogens is 402 g/mol. The molecule has 0 aromatic carbocycles. The zero-order chi connectivity index (χ0) is 22.0. The van der Waals surface area contributed by atoms with E-state index in [1.807, 2.05) is 4.52 Å². The van der Waals surface area contributed by atoms with Crippen LogP contribution in [0.2, 0.25) is 0 Å². The standard InChI is InChI=1S/C24H29N7O/c1-13(2)20-21(17-11-31-23(26-12-27-31)15(4)14(17)3)28-18-9-19-24(29-22(18)20)30-7-6-25-10-16(30)5-8-32-19/h9,11-13,16,25,28H,5-8,10H2,1-4H3. The average Bonchev–Trinajstić information content (AvgIpc) is 3.35. The summed E-state index contributed by atoms with van der Waals surface area (Å²) < 4.78 is 8.04. The highest BCUT2D eigenvalue weighted by Gasteiger charge is 2.30. The maximum Gasteiger partial charge on any atom is 0.172 e. The molecule has 1 unspecified atom stereocenters. The van der Waals surface area contributed by atoms with E-state index in [1.165, 1.54) is 11.1 Å². The maximum atomic E-state index is 6.18. The van der Waals surface area contributed by atoms with Crippen molar-refractivity contribution in [3.63, 3.8) is 0 Å². The van der Waals surface area contributed by atoms with Crippen LogP contribution in [0.3, 0.4) is 0 Å². The Morgan fingerprint density at radius 1 is 1.22 bits per heavy atom. The van der Waals surface area contributed by atoms with Gasteiger partial charge in [0.15, 0.2) is 17.2 Å². The van der Waals surface area contributed by atoms with Gasteiger partial charge in [-0.25, -0.2) is 14.5 Å². The van der Waals surface area contributed by atoms with Crippen molar-refractivity contribution >= 4 is 22.5 Å². The lowest BCUT2D eigenvalue weighted by molar-refractivity contribution is 0.304. The smallest absolute Gasteiger partial charge is 0.172 e. The summed E-state index contributed by atoms with van der Waals surface area (Å²) in [6.45, 7) is 12.4. The molecule has 6 heterocycles. The van der Waals surface area contributed by atoms with E-state index in [0.29, 0.717) is 12.0 Å². The minimum Gasteiger partial charge on any atom is -0.490 e. The number of H-pyrrole nitrogens is 1. The molecule has 8 heteroatoms. The molecule has 4 aromatic heterocycles. The first-order valence-corrected chi connectivity index (χ1v) is 11.5. The Morgan fingerprint density at radius 2 is 2.09 bits per heavy atom. The van der Waals surface area contributed by atoms with Crippen LogP contribution in [0.1, 0.15) is 42.9 Å². The Morgan fingerprint density at radius 3 is 2.94 bits per heavy atom. The third-order valence-electron chi connectivity index (χ3n) is 7.06. The van der Waals surface area contributed by atoms with Crippen molar-refractivity contribution in [2.24, 2.45) is 0 Å². The molecule has 8 nitrogen and oxygen atoms in total. The summed E-state index contributed by atoms with van der Waals surface area (Å²) in [5.41, 5.74) is 8.79. The largest absolute Gasteiger partial charge is 0.490 e. The fraction of sp³-hybridized carbons (Fsp3) is 0.458. The van der Waals surface area contributed by atoms with E-state index in [1.54, 1.807) is 6.33 Å². The Labute approximate surface area is 187 Å². The highest BCUT2D eigenvalue weighted by atomic mass is 16.5. The van der Waals surface area contributed by atoms with Crippen molar-refractivity contribution in [2.75, 3.05) is 31.1 Å². The lowest BCUT2D eigenvalue weighted by atomic mass is 9.95. The highest BCUT2D eigenvalue weighted by Crippen LogP contribution is 2.41. The number of aromatic amines is 1. The Balaban J connectivity index is 1.60. The molecule has 1 atom stereocenters. The number of aromatic nitrogens is 5. The van der Waals surface area contributed by atoms with E-state index in [2.05, 4.69) is 65.2 Å². The zero-order valence-corrected chi connectivity index (χ0v) is 19.1. The number of anilines is 1. The third-order valence-corrected chi connectivity index (χ3v) is 7.06. The molecule has 1 fully saturated rings. The van der Waals surface area contributed by atoms with Gasteiger partial charge in [0.1, 0.15) is 6.33 Å². The van der Waals surface area contributed by atoms with Crippen molar-refractivity contribution in [3.8, 4) is 17.0 Å². The second-order valence-electron chi connectivity index (χ2n) is 9.28. The molecule has 0 bridgehead atoms. The Bertz CT molecular complexity index is 1340. The molecule has 2 aliphatic rings. The summed E-state index contributed by atoms with van der Waals surface area (Å²) in [5, 5.41) is 7.91. The van der Waals surface area contributed by atoms with Crippen LogP contribution in [0.25, 0.3) is 27.9 Å². The van der Waals surface area contributed by atoms with Gasteiger partial charge in [-0.15, -0.1) is 0 Å². The van der Waals surface area contributed by atoms with Crippen molar-refractivity contribution in [1.82, 2.24) is 29.9 Å². The number of pyridine rings is 2. The molecule has 0 radical (unpaired) electrons. The molecule has 166 valence electrons. The van der Waals surface area contributed by atoms with E-state index < -0.39 is 0 Å². The highest BCUT2D eigenvalue weighted by molar-refractivity contribution is 5.92. The third kappa shape index (κ3) is 2.82. The molecule has 2 aliphatic heterocycles. The predicted octanol–water partition coefficient (Wildman–Crippen LogP) is 3.57. The molecule has 4 aromatic rings. The second kappa shape index (κ2) is 7.20. The van der Waals surface area contributed by atoms with E-state index in [9.17, 15) is 0 Å². The van der Waals surface area contributed by atoms with Gasteiger partial charge >= 0.3 is 0 Å². The van der Waals surface area contributed by atoms with Crippen LogP contribution in [0.4, 0.5) is 5.82 Å². The summed E-state index contributed by atoms with van der Waals surface area (Å²) >= 11 is 0. The number of nitrogens with one attached hydrogen (secondary N) is 2. The summed E-state index contributed by atoms with van der Waals surface area (Å²) in [5.74, 6) is 2.17. The summed E-state index contributed by atoms with van der Waals surface area (Å²) in [6.07, 6.45) is 4.70. The molecule has 1 saturated heterocycles. The van der Waals surface area contributed by atoms with E-state index in [0.717, 1.165) is 77.7 Å². The summed E-state index contributed by atoms with van der Waals surface area (Å²) in [6, 6.07) is 2.57. The monoisotopic (exact) mass is 431 g/mol. The van der Waals surface area contributed by atoms with Crippen molar-refractivity contribution < 1.29 is 4.74 Å². The molecule has 32 heavy (non-hydrogen) atoms.